The molecule has 0 aliphatic rings. The van der Waals surface area contributed by atoms with Gasteiger partial charge in [-0.05, 0) is 24.3 Å². The first-order chi connectivity index (χ1) is 13.2. The Kier molecular flexibility index (Phi) is 4.91. The van der Waals surface area contributed by atoms with Crippen LogP contribution in [0, 0.1) is 0 Å². The van der Waals surface area contributed by atoms with Gasteiger partial charge in [0.05, 0.1) is 23.9 Å². The summed E-state index contributed by atoms with van der Waals surface area (Å²) in [4.78, 5) is 16.9. The molecule has 2 aromatic carbocycles. The third-order valence-corrected chi connectivity index (χ3v) is 5.38. The average Bonchev–Trinajstić information content (AvgIpc) is 3.33. The van der Waals surface area contributed by atoms with Crippen LogP contribution in [0.15, 0.2) is 52.3 Å². The lowest BCUT2D eigenvalue weighted by Crippen LogP contribution is -2.06. The van der Waals surface area contributed by atoms with Crippen molar-refractivity contribution < 1.29 is 14.3 Å². The van der Waals surface area contributed by atoms with Gasteiger partial charge >= 0.3 is 5.97 Å². The molecule has 0 bridgehead atoms. The number of aromatic amines is 1. The molecule has 0 aliphatic carbocycles. The number of aromatic nitrogens is 3. The van der Waals surface area contributed by atoms with Crippen molar-refractivity contribution in [3.05, 3.63) is 63.7 Å². The number of ether oxygens (including phenoxy) is 2. The second kappa shape index (κ2) is 7.50. The molecule has 27 heavy (non-hydrogen) atoms. The van der Waals surface area contributed by atoms with E-state index in [1.54, 1.807) is 7.11 Å². The standard InChI is InChI=1S/C19H14BrN3O3S/c1-25-16-7-6-11(20)8-14(16)18-21-12(10-27-18)9-26-19(24)17-13-4-2-3-5-15(13)22-23-17/h2-8,10H,9H2,1H3,(H,22,23). The maximum Gasteiger partial charge on any atom is 0.359 e. The molecule has 0 aliphatic heterocycles. The van der Waals surface area contributed by atoms with Gasteiger partial charge in [0.15, 0.2) is 5.69 Å². The minimum Gasteiger partial charge on any atom is -0.496 e. The van der Waals surface area contributed by atoms with Crippen LogP contribution in [0.4, 0.5) is 0 Å². The number of esters is 1. The Balaban J connectivity index is 1.50. The molecule has 136 valence electrons. The smallest absolute Gasteiger partial charge is 0.359 e. The molecule has 2 heterocycles. The van der Waals surface area contributed by atoms with E-state index in [0.29, 0.717) is 5.69 Å². The number of rotatable bonds is 5. The Labute approximate surface area is 167 Å². The van der Waals surface area contributed by atoms with Crippen LogP contribution in [0.3, 0.4) is 0 Å². The van der Waals surface area contributed by atoms with Crippen molar-refractivity contribution in [2.45, 2.75) is 6.61 Å². The summed E-state index contributed by atoms with van der Waals surface area (Å²) in [5, 5.41) is 10.3. The minimum absolute atomic E-state index is 0.0762. The zero-order valence-corrected chi connectivity index (χ0v) is 16.6. The van der Waals surface area contributed by atoms with Gasteiger partial charge < -0.3 is 9.47 Å². The van der Waals surface area contributed by atoms with Gasteiger partial charge in [0, 0.05) is 15.2 Å². The molecule has 0 fully saturated rings. The molecule has 0 spiro atoms. The summed E-state index contributed by atoms with van der Waals surface area (Å²) in [6.07, 6.45) is 0. The highest BCUT2D eigenvalue weighted by Crippen LogP contribution is 2.34. The monoisotopic (exact) mass is 443 g/mol. The number of methoxy groups -OCH3 is 1. The number of para-hydroxylation sites is 1. The number of nitrogens with one attached hydrogen (secondary N) is 1. The van der Waals surface area contributed by atoms with Gasteiger partial charge in [0.1, 0.15) is 17.4 Å². The minimum atomic E-state index is -0.484. The Morgan fingerprint density at radius 1 is 1.26 bits per heavy atom. The lowest BCUT2D eigenvalue weighted by molar-refractivity contribution is 0.0464. The third kappa shape index (κ3) is 3.58. The predicted molar refractivity (Wildman–Crippen MR) is 107 cm³/mol. The zero-order valence-electron chi connectivity index (χ0n) is 14.2. The molecule has 0 saturated heterocycles. The fourth-order valence-electron chi connectivity index (χ4n) is 2.67. The van der Waals surface area contributed by atoms with Crippen LogP contribution in [0.25, 0.3) is 21.5 Å². The van der Waals surface area contributed by atoms with Gasteiger partial charge in [-0.15, -0.1) is 11.3 Å². The Bertz CT molecular complexity index is 1120. The number of benzene rings is 2. The molecule has 6 nitrogen and oxygen atoms in total. The van der Waals surface area contributed by atoms with Crippen LogP contribution in [-0.4, -0.2) is 28.3 Å². The summed E-state index contributed by atoms with van der Waals surface area (Å²) in [6, 6.07) is 13.2. The molecular formula is C19H14BrN3O3S. The first kappa shape index (κ1) is 17.7. The average molecular weight is 444 g/mol. The van der Waals surface area contributed by atoms with Crippen LogP contribution < -0.4 is 4.74 Å². The number of hydrogen-bond acceptors (Lipinski definition) is 6. The number of halogens is 1. The predicted octanol–water partition coefficient (Wildman–Crippen LogP) is 4.81. The van der Waals surface area contributed by atoms with Gasteiger partial charge in [-0.2, -0.15) is 5.10 Å². The maximum atomic E-state index is 12.4. The van der Waals surface area contributed by atoms with E-state index in [0.717, 1.165) is 31.7 Å². The summed E-state index contributed by atoms with van der Waals surface area (Å²) in [5.74, 6) is 0.251. The topological polar surface area (TPSA) is 77.1 Å². The fraction of sp³-hybridized carbons (Fsp3) is 0.105. The van der Waals surface area contributed by atoms with Crippen LogP contribution in [0.1, 0.15) is 16.2 Å². The zero-order chi connectivity index (χ0) is 18.8. The number of nitrogens with zero attached hydrogens (tertiary/aromatic N) is 2. The summed E-state index contributed by atoms with van der Waals surface area (Å²) < 4.78 is 11.7. The van der Waals surface area contributed by atoms with Gasteiger partial charge in [-0.1, -0.05) is 34.1 Å². The van der Waals surface area contributed by atoms with Crippen molar-refractivity contribution in [2.24, 2.45) is 0 Å². The summed E-state index contributed by atoms with van der Waals surface area (Å²) in [7, 11) is 1.62. The van der Waals surface area contributed by atoms with Gasteiger partial charge in [0.2, 0.25) is 0 Å². The van der Waals surface area contributed by atoms with Crippen molar-refractivity contribution in [3.8, 4) is 16.3 Å². The SMILES string of the molecule is COc1ccc(Br)cc1-c1nc(COC(=O)c2n[nH]c3ccccc23)cs1. The molecule has 2 aromatic heterocycles. The van der Waals surface area contributed by atoms with Gasteiger partial charge in [0.25, 0.3) is 0 Å². The number of fused-ring (bicyclic) bond motifs is 1. The summed E-state index contributed by atoms with van der Waals surface area (Å²) in [6.45, 7) is 0.0762. The number of carbonyl (C=O) groups is 1. The van der Waals surface area contributed by atoms with Gasteiger partial charge in [-0.3, -0.25) is 5.10 Å². The molecule has 0 amide bonds. The fourth-order valence-corrected chi connectivity index (χ4v) is 3.86. The second-order valence-electron chi connectivity index (χ2n) is 5.68. The third-order valence-electron chi connectivity index (χ3n) is 3.96. The van der Waals surface area contributed by atoms with E-state index in [4.69, 9.17) is 9.47 Å². The number of carbonyl (C=O) groups excluding carboxylic acids is 1. The van der Waals surface area contributed by atoms with Crippen molar-refractivity contribution in [2.75, 3.05) is 7.11 Å². The van der Waals surface area contributed by atoms with E-state index >= 15 is 0 Å². The van der Waals surface area contributed by atoms with E-state index in [2.05, 4.69) is 31.1 Å². The lowest BCUT2D eigenvalue weighted by atomic mass is 10.2. The van der Waals surface area contributed by atoms with E-state index in [1.165, 1.54) is 11.3 Å². The van der Waals surface area contributed by atoms with Crippen LogP contribution in [-0.2, 0) is 11.3 Å². The maximum absolute atomic E-state index is 12.4. The highest BCUT2D eigenvalue weighted by Gasteiger charge is 2.17. The molecule has 8 heteroatoms. The van der Waals surface area contributed by atoms with E-state index in [-0.39, 0.29) is 12.3 Å². The van der Waals surface area contributed by atoms with Crippen LogP contribution >= 0.6 is 27.3 Å². The van der Waals surface area contributed by atoms with Crippen LogP contribution in [0.5, 0.6) is 5.75 Å². The molecule has 0 radical (unpaired) electrons. The number of thiazole rings is 1. The Morgan fingerprint density at radius 3 is 2.96 bits per heavy atom. The number of hydrogen-bond donors (Lipinski definition) is 1. The first-order valence-electron chi connectivity index (χ1n) is 8.04. The van der Waals surface area contributed by atoms with Crippen molar-refractivity contribution in [1.29, 1.82) is 0 Å². The Morgan fingerprint density at radius 2 is 2.11 bits per heavy atom. The quantitative estimate of drug-likeness (QED) is 0.447. The van der Waals surface area contributed by atoms with E-state index < -0.39 is 5.97 Å². The molecule has 1 N–H and O–H groups in total. The van der Waals surface area contributed by atoms with Crippen molar-refractivity contribution >= 4 is 44.1 Å². The number of H-pyrrole nitrogens is 1. The molecule has 4 rings (SSSR count). The Hall–Kier alpha value is -2.71. The second-order valence-corrected chi connectivity index (χ2v) is 7.46. The van der Waals surface area contributed by atoms with Gasteiger partial charge in [-0.25, -0.2) is 9.78 Å². The molecule has 0 atom stereocenters. The molecule has 4 aromatic rings. The van der Waals surface area contributed by atoms with E-state index in [9.17, 15) is 4.79 Å². The largest absolute Gasteiger partial charge is 0.496 e. The van der Waals surface area contributed by atoms with Crippen molar-refractivity contribution in [3.63, 3.8) is 0 Å². The molecule has 0 saturated carbocycles. The van der Waals surface area contributed by atoms with Crippen molar-refractivity contribution in [1.82, 2.24) is 15.2 Å². The summed E-state index contributed by atoms with van der Waals surface area (Å²) >= 11 is 4.93. The molecule has 0 unspecified atom stereocenters. The highest BCUT2D eigenvalue weighted by atomic mass is 79.9. The van der Waals surface area contributed by atoms with Crippen LogP contribution in [0.2, 0.25) is 0 Å². The van der Waals surface area contributed by atoms with E-state index in [1.807, 2.05) is 47.8 Å². The highest BCUT2D eigenvalue weighted by molar-refractivity contribution is 9.10. The first-order valence-corrected chi connectivity index (χ1v) is 9.71. The molecular weight excluding hydrogens is 430 g/mol. The lowest BCUT2D eigenvalue weighted by Gasteiger charge is -2.06. The summed E-state index contributed by atoms with van der Waals surface area (Å²) in [5.41, 5.74) is 2.62. The normalized spacial score (nSPS) is 10.9.